The van der Waals surface area contributed by atoms with Crippen LogP contribution in [0.2, 0.25) is 0 Å². The van der Waals surface area contributed by atoms with Gasteiger partial charge in [0.25, 0.3) is 0 Å². The maximum atomic E-state index is 11.9. The van der Waals surface area contributed by atoms with Crippen LogP contribution in [-0.4, -0.2) is 16.9 Å². The fourth-order valence-electron chi connectivity index (χ4n) is 2.01. The molecule has 1 aromatic heterocycles. The summed E-state index contributed by atoms with van der Waals surface area (Å²) in [5.74, 6) is 0.0216. The average molecular weight is 303 g/mol. The van der Waals surface area contributed by atoms with Crippen molar-refractivity contribution in [3.63, 3.8) is 0 Å². The van der Waals surface area contributed by atoms with E-state index < -0.39 is 0 Å². The lowest BCUT2D eigenvalue weighted by Crippen LogP contribution is -2.33. The minimum absolute atomic E-state index is 0.0216. The van der Waals surface area contributed by atoms with Crippen molar-refractivity contribution >= 4 is 17.2 Å². The number of rotatable bonds is 6. The summed E-state index contributed by atoms with van der Waals surface area (Å²) < 4.78 is 0. The van der Waals surface area contributed by atoms with Gasteiger partial charge in [0.2, 0.25) is 5.91 Å². The first-order chi connectivity index (χ1) is 10.1. The molecule has 1 unspecified atom stereocenters. The van der Waals surface area contributed by atoms with E-state index in [9.17, 15) is 4.79 Å². The van der Waals surface area contributed by atoms with Crippen LogP contribution in [0.4, 0.5) is 0 Å². The minimum Gasteiger partial charge on any atom is -0.353 e. The van der Waals surface area contributed by atoms with E-state index in [2.05, 4.69) is 17.2 Å². The van der Waals surface area contributed by atoms with Gasteiger partial charge in [-0.05, 0) is 18.9 Å². The molecule has 0 saturated carbocycles. The minimum atomic E-state index is 0.0216. The van der Waals surface area contributed by atoms with Gasteiger partial charge in [-0.15, -0.1) is 11.3 Å². The van der Waals surface area contributed by atoms with E-state index in [0.29, 0.717) is 13.0 Å². The zero-order valence-electron chi connectivity index (χ0n) is 12.4. The SMILES string of the molecule is CCC(C)NC(=O)Cc1csc(-c2ccccc2CN)n1. The van der Waals surface area contributed by atoms with Crippen molar-refractivity contribution in [1.82, 2.24) is 10.3 Å². The van der Waals surface area contributed by atoms with Gasteiger partial charge in [-0.25, -0.2) is 4.98 Å². The largest absolute Gasteiger partial charge is 0.353 e. The van der Waals surface area contributed by atoms with Crippen molar-refractivity contribution in [1.29, 1.82) is 0 Å². The van der Waals surface area contributed by atoms with Crippen molar-refractivity contribution in [2.45, 2.75) is 39.3 Å². The number of hydrogen-bond acceptors (Lipinski definition) is 4. The van der Waals surface area contributed by atoms with Crippen LogP contribution in [-0.2, 0) is 17.8 Å². The van der Waals surface area contributed by atoms with Crippen molar-refractivity contribution in [3.05, 3.63) is 40.9 Å². The Morgan fingerprint density at radius 2 is 2.19 bits per heavy atom. The van der Waals surface area contributed by atoms with E-state index in [1.807, 2.05) is 36.6 Å². The van der Waals surface area contributed by atoms with E-state index >= 15 is 0 Å². The van der Waals surface area contributed by atoms with Crippen molar-refractivity contribution in [2.75, 3.05) is 0 Å². The normalized spacial score (nSPS) is 12.1. The van der Waals surface area contributed by atoms with Gasteiger partial charge in [-0.3, -0.25) is 4.79 Å². The summed E-state index contributed by atoms with van der Waals surface area (Å²) in [4.78, 5) is 16.4. The number of carbonyl (C=O) groups excluding carboxylic acids is 1. The molecule has 4 nitrogen and oxygen atoms in total. The van der Waals surface area contributed by atoms with Crippen LogP contribution in [0.15, 0.2) is 29.6 Å². The Labute approximate surface area is 129 Å². The van der Waals surface area contributed by atoms with E-state index in [1.165, 1.54) is 0 Å². The first-order valence-corrected chi connectivity index (χ1v) is 8.04. The van der Waals surface area contributed by atoms with Gasteiger partial charge in [0.05, 0.1) is 12.1 Å². The third-order valence-electron chi connectivity index (χ3n) is 3.38. The summed E-state index contributed by atoms with van der Waals surface area (Å²) in [6.45, 7) is 4.54. The molecule has 0 fully saturated rings. The van der Waals surface area contributed by atoms with Gasteiger partial charge in [-0.2, -0.15) is 0 Å². The van der Waals surface area contributed by atoms with Crippen molar-refractivity contribution in [2.24, 2.45) is 5.73 Å². The first-order valence-electron chi connectivity index (χ1n) is 7.16. The molecule has 0 radical (unpaired) electrons. The van der Waals surface area contributed by atoms with Gasteiger partial charge < -0.3 is 11.1 Å². The van der Waals surface area contributed by atoms with Crippen LogP contribution in [0.3, 0.4) is 0 Å². The monoisotopic (exact) mass is 303 g/mol. The molecular weight excluding hydrogens is 282 g/mol. The van der Waals surface area contributed by atoms with Gasteiger partial charge in [0.15, 0.2) is 0 Å². The molecular formula is C16H21N3OS. The highest BCUT2D eigenvalue weighted by molar-refractivity contribution is 7.13. The number of thiazole rings is 1. The second-order valence-electron chi connectivity index (χ2n) is 5.06. The molecule has 5 heteroatoms. The van der Waals surface area contributed by atoms with Gasteiger partial charge in [-0.1, -0.05) is 31.2 Å². The highest BCUT2D eigenvalue weighted by atomic mass is 32.1. The molecule has 1 aromatic carbocycles. The summed E-state index contributed by atoms with van der Waals surface area (Å²) in [5.41, 5.74) is 8.69. The number of carbonyl (C=O) groups is 1. The van der Waals surface area contributed by atoms with Crippen LogP contribution in [0, 0.1) is 0 Å². The predicted molar refractivity (Wildman–Crippen MR) is 87.0 cm³/mol. The van der Waals surface area contributed by atoms with E-state index in [-0.39, 0.29) is 11.9 Å². The van der Waals surface area contributed by atoms with Gasteiger partial charge >= 0.3 is 0 Å². The third kappa shape index (κ3) is 4.12. The molecule has 0 aliphatic carbocycles. The quantitative estimate of drug-likeness (QED) is 0.862. The topological polar surface area (TPSA) is 68.0 Å². The Balaban J connectivity index is 2.09. The Hall–Kier alpha value is -1.72. The molecule has 21 heavy (non-hydrogen) atoms. The Bertz CT molecular complexity index is 609. The molecule has 112 valence electrons. The number of nitrogens with one attached hydrogen (secondary N) is 1. The highest BCUT2D eigenvalue weighted by Gasteiger charge is 2.12. The summed E-state index contributed by atoms with van der Waals surface area (Å²) in [5, 5.41) is 5.82. The molecule has 0 aliphatic rings. The highest BCUT2D eigenvalue weighted by Crippen LogP contribution is 2.27. The lowest BCUT2D eigenvalue weighted by molar-refractivity contribution is -0.121. The van der Waals surface area contributed by atoms with E-state index in [4.69, 9.17) is 5.73 Å². The number of nitrogens with zero attached hydrogens (tertiary/aromatic N) is 1. The number of benzene rings is 1. The molecule has 1 heterocycles. The summed E-state index contributed by atoms with van der Waals surface area (Å²) in [6.07, 6.45) is 1.25. The molecule has 0 saturated heterocycles. The second kappa shape index (κ2) is 7.33. The smallest absolute Gasteiger partial charge is 0.226 e. The maximum absolute atomic E-state index is 11.9. The number of nitrogens with two attached hydrogens (primary N) is 1. The summed E-state index contributed by atoms with van der Waals surface area (Å²) in [7, 11) is 0. The van der Waals surface area contributed by atoms with Gasteiger partial charge in [0, 0.05) is 23.5 Å². The third-order valence-corrected chi connectivity index (χ3v) is 4.31. The molecule has 2 aromatic rings. The van der Waals surface area contributed by atoms with E-state index in [0.717, 1.165) is 28.2 Å². The fraction of sp³-hybridized carbons (Fsp3) is 0.375. The van der Waals surface area contributed by atoms with Crippen LogP contribution in [0.5, 0.6) is 0 Å². The molecule has 1 amide bonds. The number of amides is 1. The lowest BCUT2D eigenvalue weighted by atomic mass is 10.1. The molecule has 0 spiro atoms. The number of aromatic nitrogens is 1. The van der Waals surface area contributed by atoms with Crippen LogP contribution in [0.25, 0.3) is 10.6 Å². The van der Waals surface area contributed by atoms with E-state index in [1.54, 1.807) is 11.3 Å². The molecule has 0 bridgehead atoms. The van der Waals surface area contributed by atoms with Crippen LogP contribution < -0.4 is 11.1 Å². The lowest BCUT2D eigenvalue weighted by Gasteiger charge is -2.10. The zero-order valence-corrected chi connectivity index (χ0v) is 13.2. The number of hydrogen-bond donors (Lipinski definition) is 2. The maximum Gasteiger partial charge on any atom is 0.226 e. The standard InChI is InChI=1S/C16H21N3OS/c1-3-11(2)18-15(20)8-13-10-21-16(19-13)14-7-5-4-6-12(14)9-17/h4-7,10-11H,3,8-9,17H2,1-2H3,(H,18,20). The fourth-order valence-corrected chi connectivity index (χ4v) is 2.89. The van der Waals surface area contributed by atoms with Gasteiger partial charge in [0.1, 0.15) is 5.01 Å². The van der Waals surface area contributed by atoms with Crippen LogP contribution >= 0.6 is 11.3 Å². The van der Waals surface area contributed by atoms with Crippen LogP contribution in [0.1, 0.15) is 31.5 Å². The summed E-state index contributed by atoms with van der Waals surface area (Å²) >= 11 is 1.55. The molecule has 2 rings (SSSR count). The molecule has 0 aliphatic heterocycles. The molecule has 1 atom stereocenters. The second-order valence-corrected chi connectivity index (χ2v) is 5.92. The Morgan fingerprint density at radius 1 is 1.43 bits per heavy atom. The van der Waals surface area contributed by atoms with Crippen molar-refractivity contribution < 1.29 is 4.79 Å². The summed E-state index contributed by atoms with van der Waals surface area (Å²) in [6, 6.07) is 8.18. The predicted octanol–water partition coefficient (Wildman–Crippen LogP) is 2.73. The molecule has 3 N–H and O–H groups in total. The first kappa shape index (κ1) is 15.7. The average Bonchev–Trinajstić information content (AvgIpc) is 2.95. The zero-order chi connectivity index (χ0) is 15.2. The Morgan fingerprint density at radius 3 is 2.90 bits per heavy atom. The Kier molecular flexibility index (Phi) is 5.47. The van der Waals surface area contributed by atoms with Crippen molar-refractivity contribution in [3.8, 4) is 10.6 Å².